The van der Waals surface area contributed by atoms with E-state index in [1.54, 1.807) is 29.5 Å². The third-order valence-corrected chi connectivity index (χ3v) is 4.68. The van der Waals surface area contributed by atoms with Crippen LogP contribution in [0.4, 0.5) is 0 Å². The first kappa shape index (κ1) is 18.3. The lowest BCUT2D eigenvalue weighted by Crippen LogP contribution is -2.31. The number of benzene rings is 1. The number of aryl methyl sites for hydroxylation is 1. The number of halogens is 1. The number of esters is 1. The Morgan fingerprint density at radius 3 is 2.75 bits per heavy atom. The third-order valence-electron chi connectivity index (χ3n) is 3.20. The molecule has 5 nitrogen and oxygen atoms in total. The second-order valence-corrected chi connectivity index (χ2v) is 6.55. The number of ether oxygens (including phenoxy) is 2. The van der Waals surface area contributed by atoms with Gasteiger partial charge in [-0.05, 0) is 49.1 Å². The average molecular weight is 368 g/mol. The first-order valence-electron chi connectivity index (χ1n) is 7.33. The Labute approximate surface area is 149 Å². The van der Waals surface area contributed by atoms with Gasteiger partial charge in [0, 0.05) is 9.90 Å². The molecule has 0 aliphatic carbocycles. The molecule has 1 aromatic heterocycles. The second-order valence-electron chi connectivity index (χ2n) is 5.16. The molecule has 1 amide bonds. The number of hydrogen-bond acceptors (Lipinski definition) is 5. The summed E-state index contributed by atoms with van der Waals surface area (Å²) in [6.45, 7) is 3.11. The molecule has 24 heavy (non-hydrogen) atoms. The van der Waals surface area contributed by atoms with Crippen LogP contribution in [-0.4, -0.2) is 25.1 Å². The zero-order chi connectivity index (χ0) is 17.5. The average Bonchev–Trinajstić information content (AvgIpc) is 3.08. The molecule has 1 aromatic carbocycles. The lowest BCUT2D eigenvalue weighted by Gasteiger charge is -2.12. The lowest BCUT2D eigenvalue weighted by atomic mass is 10.2. The molecule has 2 aromatic rings. The summed E-state index contributed by atoms with van der Waals surface area (Å²) in [6, 6.07) is 8.81. The van der Waals surface area contributed by atoms with Gasteiger partial charge in [-0.15, -0.1) is 11.3 Å². The molecule has 0 spiro atoms. The minimum atomic E-state index is -0.610. The summed E-state index contributed by atoms with van der Waals surface area (Å²) in [7, 11) is 0. The molecule has 1 heterocycles. The van der Waals surface area contributed by atoms with Crippen molar-refractivity contribution in [2.45, 2.75) is 19.9 Å². The Hall–Kier alpha value is -2.05. The molecular weight excluding hydrogens is 350 g/mol. The zero-order valence-electron chi connectivity index (χ0n) is 13.4. The van der Waals surface area contributed by atoms with E-state index in [1.165, 1.54) is 0 Å². The van der Waals surface area contributed by atoms with Gasteiger partial charge in [0.2, 0.25) is 0 Å². The van der Waals surface area contributed by atoms with Crippen LogP contribution in [0.2, 0.25) is 5.02 Å². The van der Waals surface area contributed by atoms with Gasteiger partial charge in [-0.3, -0.25) is 4.79 Å². The van der Waals surface area contributed by atoms with E-state index in [4.69, 9.17) is 21.1 Å². The molecule has 0 bridgehead atoms. The summed E-state index contributed by atoms with van der Waals surface area (Å²) in [5.74, 6) is -0.447. The highest BCUT2D eigenvalue weighted by atomic mass is 35.5. The fourth-order valence-electron chi connectivity index (χ4n) is 1.93. The number of thiophene rings is 1. The summed E-state index contributed by atoms with van der Waals surface area (Å²) >= 11 is 7.47. The summed E-state index contributed by atoms with van der Waals surface area (Å²) in [5.41, 5.74) is 0.851. The summed E-state index contributed by atoms with van der Waals surface area (Å²) in [5, 5.41) is 5.33. The van der Waals surface area contributed by atoms with E-state index in [0.29, 0.717) is 10.8 Å². The number of rotatable bonds is 7. The molecule has 0 unspecified atom stereocenters. The van der Waals surface area contributed by atoms with Gasteiger partial charge in [-0.25, -0.2) is 4.79 Å². The SMILES string of the molecule is Cc1cc(OCC(=O)OCC(=O)N[C@H](C)c2cccs2)ccc1Cl. The van der Waals surface area contributed by atoms with Gasteiger partial charge in [0.15, 0.2) is 13.2 Å². The normalized spacial score (nSPS) is 11.6. The molecule has 1 atom stereocenters. The lowest BCUT2D eigenvalue weighted by molar-refractivity contribution is -0.150. The molecule has 0 saturated heterocycles. The molecule has 0 fully saturated rings. The Morgan fingerprint density at radius 2 is 2.08 bits per heavy atom. The van der Waals surface area contributed by atoms with Crippen LogP contribution in [0.1, 0.15) is 23.4 Å². The van der Waals surface area contributed by atoms with Crippen molar-refractivity contribution in [3.05, 3.63) is 51.2 Å². The minimum Gasteiger partial charge on any atom is -0.482 e. The van der Waals surface area contributed by atoms with Crippen molar-refractivity contribution in [2.75, 3.05) is 13.2 Å². The van der Waals surface area contributed by atoms with Gasteiger partial charge in [0.1, 0.15) is 5.75 Å². The Bertz CT molecular complexity index is 703. The predicted molar refractivity (Wildman–Crippen MR) is 93.5 cm³/mol. The largest absolute Gasteiger partial charge is 0.482 e. The van der Waals surface area contributed by atoms with Gasteiger partial charge >= 0.3 is 5.97 Å². The van der Waals surface area contributed by atoms with Gasteiger partial charge in [0.05, 0.1) is 6.04 Å². The Morgan fingerprint density at radius 1 is 1.29 bits per heavy atom. The summed E-state index contributed by atoms with van der Waals surface area (Å²) in [4.78, 5) is 24.4. The van der Waals surface area contributed by atoms with E-state index in [1.807, 2.05) is 31.4 Å². The van der Waals surface area contributed by atoms with Crippen LogP contribution >= 0.6 is 22.9 Å². The number of carbonyl (C=O) groups is 2. The van der Waals surface area contributed by atoms with Crippen molar-refractivity contribution >= 4 is 34.8 Å². The predicted octanol–water partition coefficient (Wildman–Crippen LogP) is 3.51. The highest BCUT2D eigenvalue weighted by molar-refractivity contribution is 7.10. The molecule has 2 rings (SSSR count). The van der Waals surface area contributed by atoms with Crippen molar-refractivity contribution in [3.8, 4) is 5.75 Å². The molecule has 0 saturated carbocycles. The van der Waals surface area contributed by atoms with Crippen molar-refractivity contribution in [1.82, 2.24) is 5.32 Å². The summed E-state index contributed by atoms with van der Waals surface area (Å²) in [6.07, 6.45) is 0. The Kier molecular flexibility index (Phi) is 6.63. The zero-order valence-corrected chi connectivity index (χ0v) is 14.9. The highest BCUT2D eigenvalue weighted by Gasteiger charge is 2.13. The van der Waals surface area contributed by atoms with Crippen LogP contribution in [0.5, 0.6) is 5.75 Å². The molecule has 0 aliphatic rings. The van der Waals surface area contributed by atoms with Crippen LogP contribution in [-0.2, 0) is 14.3 Å². The minimum absolute atomic E-state index is 0.121. The van der Waals surface area contributed by atoms with Crippen molar-refractivity contribution in [2.24, 2.45) is 0 Å². The van der Waals surface area contributed by atoms with E-state index >= 15 is 0 Å². The fourth-order valence-corrected chi connectivity index (χ4v) is 2.78. The standard InChI is InChI=1S/C17H18ClNO4S/c1-11-8-13(5-6-14(11)18)22-10-17(21)23-9-16(20)19-12(2)15-4-3-7-24-15/h3-8,12H,9-10H2,1-2H3,(H,19,20)/t12-/m1/s1. The third kappa shape index (κ3) is 5.54. The molecule has 0 radical (unpaired) electrons. The van der Waals surface area contributed by atoms with Crippen molar-refractivity contribution in [3.63, 3.8) is 0 Å². The molecule has 7 heteroatoms. The fraction of sp³-hybridized carbons (Fsp3) is 0.294. The highest BCUT2D eigenvalue weighted by Crippen LogP contribution is 2.21. The van der Waals surface area contributed by atoms with Gasteiger partial charge in [0.25, 0.3) is 5.91 Å². The van der Waals surface area contributed by atoms with E-state index in [-0.39, 0.29) is 25.2 Å². The van der Waals surface area contributed by atoms with Crippen LogP contribution in [0.3, 0.4) is 0 Å². The molecule has 128 valence electrons. The van der Waals surface area contributed by atoms with Crippen LogP contribution < -0.4 is 10.1 Å². The second kappa shape index (κ2) is 8.70. The quantitative estimate of drug-likeness (QED) is 0.760. The van der Waals surface area contributed by atoms with E-state index in [0.717, 1.165) is 10.4 Å². The van der Waals surface area contributed by atoms with Crippen LogP contribution in [0.15, 0.2) is 35.7 Å². The van der Waals surface area contributed by atoms with Crippen LogP contribution in [0, 0.1) is 6.92 Å². The topological polar surface area (TPSA) is 64.6 Å². The maximum absolute atomic E-state index is 11.8. The van der Waals surface area contributed by atoms with Gasteiger partial charge < -0.3 is 14.8 Å². The maximum Gasteiger partial charge on any atom is 0.344 e. The van der Waals surface area contributed by atoms with Gasteiger partial charge in [-0.1, -0.05) is 17.7 Å². The number of amides is 1. The first-order valence-corrected chi connectivity index (χ1v) is 8.59. The number of carbonyl (C=O) groups excluding carboxylic acids is 2. The summed E-state index contributed by atoms with van der Waals surface area (Å²) < 4.78 is 10.2. The number of nitrogens with one attached hydrogen (secondary N) is 1. The molecule has 1 N–H and O–H groups in total. The van der Waals surface area contributed by atoms with Crippen molar-refractivity contribution < 1.29 is 19.1 Å². The number of hydrogen-bond donors (Lipinski definition) is 1. The van der Waals surface area contributed by atoms with E-state index in [9.17, 15) is 9.59 Å². The van der Waals surface area contributed by atoms with Crippen LogP contribution in [0.25, 0.3) is 0 Å². The Balaban J connectivity index is 1.70. The smallest absolute Gasteiger partial charge is 0.344 e. The monoisotopic (exact) mass is 367 g/mol. The molecule has 0 aliphatic heterocycles. The van der Waals surface area contributed by atoms with Gasteiger partial charge in [-0.2, -0.15) is 0 Å². The first-order chi connectivity index (χ1) is 11.5. The van der Waals surface area contributed by atoms with Crippen molar-refractivity contribution in [1.29, 1.82) is 0 Å². The maximum atomic E-state index is 11.8. The van der Waals surface area contributed by atoms with E-state index < -0.39 is 5.97 Å². The molecular formula is C17H18ClNO4S. The van der Waals surface area contributed by atoms with E-state index in [2.05, 4.69) is 5.32 Å².